The predicted molar refractivity (Wildman–Crippen MR) is 91.2 cm³/mol. The molecule has 3 heteroatoms. The lowest BCUT2D eigenvalue weighted by Gasteiger charge is -2.11. The second-order valence-electron chi connectivity index (χ2n) is 5.35. The Hall–Kier alpha value is -1.74. The Kier molecular flexibility index (Phi) is 5.07. The van der Waals surface area contributed by atoms with Gasteiger partial charge in [0.1, 0.15) is 0 Å². The van der Waals surface area contributed by atoms with E-state index in [1.165, 1.54) is 11.1 Å². The largest absolute Gasteiger partial charge is 0.325 e. The molecule has 0 aliphatic carbocycles. The lowest BCUT2D eigenvalue weighted by atomic mass is 10.1. The van der Waals surface area contributed by atoms with E-state index in [4.69, 9.17) is 0 Å². The van der Waals surface area contributed by atoms with Gasteiger partial charge in [-0.05, 0) is 62.1 Å². The highest BCUT2D eigenvalue weighted by Crippen LogP contribution is 2.23. The number of carbonyl (C=O) groups is 1. The number of hydrogen-bond donors (Lipinski definition) is 1. The van der Waals surface area contributed by atoms with Gasteiger partial charge in [0.25, 0.3) is 0 Å². The first-order valence-corrected chi connectivity index (χ1v) is 8.02. The van der Waals surface area contributed by atoms with Crippen LogP contribution >= 0.6 is 11.8 Å². The molecular weight excluding hydrogens is 278 g/mol. The molecule has 0 radical (unpaired) electrons. The molecule has 1 amide bonds. The summed E-state index contributed by atoms with van der Waals surface area (Å²) in [7, 11) is 0. The third-order valence-electron chi connectivity index (χ3n) is 3.59. The number of thioether (sulfide) groups is 1. The van der Waals surface area contributed by atoms with Gasteiger partial charge >= 0.3 is 0 Å². The topological polar surface area (TPSA) is 29.1 Å². The van der Waals surface area contributed by atoms with Crippen molar-refractivity contribution in [3.63, 3.8) is 0 Å². The molecule has 0 saturated heterocycles. The molecule has 0 aliphatic heterocycles. The summed E-state index contributed by atoms with van der Waals surface area (Å²) >= 11 is 1.57. The first kappa shape index (κ1) is 15.6. The Morgan fingerprint density at radius 1 is 0.952 bits per heavy atom. The van der Waals surface area contributed by atoms with Crippen LogP contribution in [0.2, 0.25) is 0 Å². The minimum absolute atomic E-state index is 0.0376. The maximum atomic E-state index is 12.1. The first-order valence-electron chi connectivity index (χ1n) is 7.03. The van der Waals surface area contributed by atoms with E-state index in [0.29, 0.717) is 5.75 Å². The van der Waals surface area contributed by atoms with E-state index in [1.807, 2.05) is 32.0 Å². The molecule has 110 valence electrons. The smallest absolute Gasteiger partial charge is 0.234 e. The van der Waals surface area contributed by atoms with E-state index < -0.39 is 0 Å². The van der Waals surface area contributed by atoms with Crippen LogP contribution in [-0.4, -0.2) is 11.7 Å². The highest BCUT2D eigenvalue weighted by Gasteiger charge is 2.08. The zero-order valence-electron chi connectivity index (χ0n) is 13.0. The average molecular weight is 299 g/mol. The van der Waals surface area contributed by atoms with Crippen LogP contribution in [0.3, 0.4) is 0 Å². The number of hydrogen-bond acceptors (Lipinski definition) is 2. The number of nitrogens with one attached hydrogen (secondary N) is 1. The van der Waals surface area contributed by atoms with Gasteiger partial charge in [0.15, 0.2) is 0 Å². The second-order valence-corrected chi connectivity index (χ2v) is 6.40. The summed E-state index contributed by atoms with van der Waals surface area (Å²) in [5.74, 6) is 0.464. The van der Waals surface area contributed by atoms with Crippen molar-refractivity contribution in [3.05, 3.63) is 58.7 Å². The summed E-state index contributed by atoms with van der Waals surface area (Å²) in [5, 5.41) is 3.01. The minimum Gasteiger partial charge on any atom is -0.325 e. The van der Waals surface area contributed by atoms with E-state index in [9.17, 15) is 4.79 Å². The number of rotatable bonds is 4. The van der Waals surface area contributed by atoms with E-state index in [-0.39, 0.29) is 5.91 Å². The normalized spacial score (nSPS) is 10.5. The number of amides is 1. The van der Waals surface area contributed by atoms with Crippen LogP contribution in [-0.2, 0) is 4.79 Å². The SMILES string of the molecule is Cc1ccc(SCC(=O)Nc2c(C)cccc2C)cc1C. The molecule has 21 heavy (non-hydrogen) atoms. The number of para-hydroxylation sites is 1. The molecule has 0 aromatic heterocycles. The molecule has 2 aromatic carbocycles. The van der Waals surface area contributed by atoms with E-state index in [1.54, 1.807) is 11.8 Å². The highest BCUT2D eigenvalue weighted by atomic mass is 32.2. The van der Waals surface area contributed by atoms with Crippen LogP contribution in [0.5, 0.6) is 0 Å². The third kappa shape index (κ3) is 4.11. The van der Waals surface area contributed by atoms with Gasteiger partial charge in [0.05, 0.1) is 5.75 Å². The van der Waals surface area contributed by atoms with Gasteiger partial charge in [0, 0.05) is 10.6 Å². The van der Waals surface area contributed by atoms with Crippen LogP contribution in [0.15, 0.2) is 41.3 Å². The zero-order chi connectivity index (χ0) is 15.4. The Labute approximate surface area is 131 Å². The fourth-order valence-corrected chi connectivity index (χ4v) is 2.93. The summed E-state index contributed by atoms with van der Waals surface area (Å²) in [5.41, 5.74) is 5.66. The fraction of sp³-hybridized carbons (Fsp3) is 0.278. The summed E-state index contributed by atoms with van der Waals surface area (Å²) in [6.07, 6.45) is 0. The Balaban J connectivity index is 1.97. The first-order chi connectivity index (χ1) is 9.97. The summed E-state index contributed by atoms with van der Waals surface area (Å²) < 4.78 is 0. The summed E-state index contributed by atoms with van der Waals surface area (Å²) in [4.78, 5) is 13.2. The van der Waals surface area contributed by atoms with E-state index in [2.05, 4.69) is 37.4 Å². The van der Waals surface area contributed by atoms with Gasteiger partial charge in [-0.3, -0.25) is 4.79 Å². The molecule has 0 spiro atoms. The lowest BCUT2D eigenvalue weighted by molar-refractivity contribution is -0.113. The lowest BCUT2D eigenvalue weighted by Crippen LogP contribution is -2.15. The van der Waals surface area contributed by atoms with Gasteiger partial charge in [-0.2, -0.15) is 0 Å². The maximum Gasteiger partial charge on any atom is 0.234 e. The molecule has 2 nitrogen and oxygen atoms in total. The average Bonchev–Trinajstić information content (AvgIpc) is 2.44. The van der Waals surface area contributed by atoms with Gasteiger partial charge in [-0.15, -0.1) is 11.8 Å². The molecule has 2 aromatic rings. The van der Waals surface area contributed by atoms with Crippen LogP contribution in [0, 0.1) is 27.7 Å². The number of anilines is 1. The molecule has 2 rings (SSSR count). The third-order valence-corrected chi connectivity index (χ3v) is 4.59. The van der Waals surface area contributed by atoms with Crippen LogP contribution in [0.1, 0.15) is 22.3 Å². The van der Waals surface area contributed by atoms with Crippen molar-refractivity contribution in [1.29, 1.82) is 0 Å². The van der Waals surface area contributed by atoms with Gasteiger partial charge in [-0.25, -0.2) is 0 Å². The highest BCUT2D eigenvalue weighted by molar-refractivity contribution is 8.00. The quantitative estimate of drug-likeness (QED) is 0.833. The molecule has 0 bridgehead atoms. The van der Waals surface area contributed by atoms with Crippen molar-refractivity contribution in [3.8, 4) is 0 Å². The van der Waals surface area contributed by atoms with Crippen molar-refractivity contribution >= 4 is 23.4 Å². The van der Waals surface area contributed by atoms with Crippen LogP contribution in [0.25, 0.3) is 0 Å². The molecule has 0 fully saturated rings. The summed E-state index contributed by atoms with van der Waals surface area (Å²) in [6, 6.07) is 12.3. The second kappa shape index (κ2) is 6.81. The molecule has 0 saturated carbocycles. The van der Waals surface area contributed by atoms with Crippen molar-refractivity contribution in [1.82, 2.24) is 0 Å². The number of carbonyl (C=O) groups excluding carboxylic acids is 1. The number of benzene rings is 2. The van der Waals surface area contributed by atoms with Crippen LogP contribution in [0.4, 0.5) is 5.69 Å². The predicted octanol–water partition coefficient (Wildman–Crippen LogP) is 4.65. The standard InChI is InChI=1S/C18H21NOS/c1-12-8-9-16(10-15(12)4)21-11-17(20)19-18-13(2)6-5-7-14(18)3/h5-10H,11H2,1-4H3,(H,19,20). The molecule has 0 unspecified atom stereocenters. The summed E-state index contributed by atoms with van der Waals surface area (Å²) in [6.45, 7) is 8.21. The van der Waals surface area contributed by atoms with Crippen molar-refractivity contribution in [2.45, 2.75) is 32.6 Å². The Morgan fingerprint density at radius 2 is 1.62 bits per heavy atom. The van der Waals surface area contributed by atoms with E-state index >= 15 is 0 Å². The molecule has 0 atom stereocenters. The van der Waals surface area contributed by atoms with Crippen molar-refractivity contribution < 1.29 is 4.79 Å². The zero-order valence-corrected chi connectivity index (χ0v) is 13.8. The van der Waals surface area contributed by atoms with Gasteiger partial charge in [0.2, 0.25) is 5.91 Å². The Bertz CT molecular complexity index is 644. The van der Waals surface area contributed by atoms with Crippen molar-refractivity contribution in [2.24, 2.45) is 0 Å². The van der Waals surface area contributed by atoms with E-state index in [0.717, 1.165) is 21.7 Å². The monoisotopic (exact) mass is 299 g/mol. The van der Waals surface area contributed by atoms with Crippen molar-refractivity contribution in [2.75, 3.05) is 11.1 Å². The van der Waals surface area contributed by atoms with Crippen LogP contribution < -0.4 is 5.32 Å². The number of aryl methyl sites for hydroxylation is 4. The molecule has 1 N–H and O–H groups in total. The maximum absolute atomic E-state index is 12.1. The molecule has 0 heterocycles. The molecular formula is C18H21NOS. The van der Waals surface area contributed by atoms with Gasteiger partial charge in [-0.1, -0.05) is 24.3 Å². The fourth-order valence-electron chi connectivity index (χ4n) is 2.14. The molecule has 0 aliphatic rings. The Morgan fingerprint density at radius 3 is 2.24 bits per heavy atom. The van der Waals surface area contributed by atoms with Gasteiger partial charge < -0.3 is 5.32 Å². The minimum atomic E-state index is 0.0376.